The summed E-state index contributed by atoms with van der Waals surface area (Å²) < 4.78 is 10.1. The Bertz CT molecular complexity index is 1420. The number of hydrogen-bond donors (Lipinski definition) is 5. The van der Waals surface area contributed by atoms with E-state index in [9.17, 15) is 34.4 Å². The van der Waals surface area contributed by atoms with E-state index in [2.05, 4.69) is 16.0 Å². The first-order chi connectivity index (χ1) is 21.1. The fourth-order valence-corrected chi connectivity index (χ4v) is 4.06. The Kier molecular flexibility index (Phi) is 12.6. The number of hydrogen-bond acceptors (Lipinski definition) is 9. The van der Waals surface area contributed by atoms with E-state index in [1.54, 1.807) is 54.6 Å². The van der Waals surface area contributed by atoms with Crippen molar-refractivity contribution in [2.24, 2.45) is 5.73 Å². The molecular weight excluding hydrogens is 574 g/mol. The minimum atomic E-state index is -1.37. The van der Waals surface area contributed by atoms with Crippen molar-refractivity contribution in [1.29, 1.82) is 0 Å². The zero-order valence-electron chi connectivity index (χ0n) is 23.6. The van der Waals surface area contributed by atoms with Crippen LogP contribution in [0, 0.1) is 10.1 Å². The smallest absolute Gasteiger partial charge is 0.465 e. The highest BCUT2D eigenvalue weighted by Gasteiger charge is 2.27. The maximum Gasteiger partial charge on any atom is 0.514 e. The molecule has 14 nitrogen and oxygen atoms in total. The number of nitro benzene ring substituents is 1. The van der Waals surface area contributed by atoms with E-state index in [0.717, 1.165) is 5.56 Å². The van der Waals surface area contributed by atoms with Crippen molar-refractivity contribution in [3.8, 4) is 5.75 Å². The van der Waals surface area contributed by atoms with Crippen LogP contribution in [0.15, 0.2) is 78.9 Å². The Labute approximate surface area is 252 Å². The molecule has 0 bridgehead atoms. The predicted octanol–water partition coefficient (Wildman–Crippen LogP) is 3.74. The molecule has 232 valence electrons. The Hall–Kier alpha value is -5.50. The van der Waals surface area contributed by atoms with Gasteiger partial charge in [-0.15, -0.1) is 0 Å². The first-order valence-corrected chi connectivity index (χ1v) is 13.7. The topological polar surface area (TPSA) is 212 Å². The number of carbonyl (C=O) groups is 4. The molecule has 0 saturated carbocycles. The summed E-state index contributed by atoms with van der Waals surface area (Å²) in [7, 11) is 0. The van der Waals surface area contributed by atoms with Crippen LogP contribution in [0.2, 0.25) is 0 Å². The highest BCUT2D eigenvalue weighted by atomic mass is 16.7. The monoisotopic (exact) mass is 607 g/mol. The van der Waals surface area contributed by atoms with Crippen LogP contribution in [0.25, 0.3) is 0 Å². The third-order valence-electron chi connectivity index (χ3n) is 6.30. The van der Waals surface area contributed by atoms with Gasteiger partial charge in [0.05, 0.1) is 4.92 Å². The van der Waals surface area contributed by atoms with Gasteiger partial charge >= 0.3 is 12.2 Å². The van der Waals surface area contributed by atoms with E-state index in [1.165, 1.54) is 24.3 Å². The van der Waals surface area contributed by atoms with E-state index in [-0.39, 0.29) is 30.9 Å². The fraction of sp³-hybridized carbons (Fsp3) is 0.267. The molecule has 2 atom stereocenters. The summed E-state index contributed by atoms with van der Waals surface area (Å²) in [6, 6.07) is 18.2. The molecule has 0 spiro atoms. The van der Waals surface area contributed by atoms with Gasteiger partial charge in [0.1, 0.15) is 24.4 Å². The molecule has 0 aromatic heterocycles. The number of non-ortho nitro benzene ring substituents is 1. The third kappa shape index (κ3) is 11.1. The molecule has 0 aliphatic carbocycles. The van der Waals surface area contributed by atoms with Crippen molar-refractivity contribution in [2.75, 3.05) is 11.9 Å². The van der Waals surface area contributed by atoms with Crippen LogP contribution in [0.4, 0.5) is 21.0 Å². The molecule has 0 aliphatic rings. The van der Waals surface area contributed by atoms with Gasteiger partial charge in [0, 0.05) is 24.2 Å². The quantitative estimate of drug-likeness (QED) is 0.0555. The van der Waals surface area contributed by atoms with Gasteiger partial charge in [-0.1, -0.05) is 42.5 Å². The van der Waals surface area contributed by atoms with E-state index in [0.29, 0.717) is 30.6 Å². The highest BCUT2D eigenvalue weighted by Crippen LogP contribution is 2.18. The van der Waals surface area contributed by atoms with E-state index < -0.39 is 41.1 Å². The second kappa shape index (κ2) is 16.8. The van der Waals surface area contributed by atoms with Gasteiger partial charge in [-0.05, 0) is 61.2 Å². The normalized spacial score (nSPS) is 11.8. The molecule has 3 aromatic carbocycles. The number of rotatable bonds is 15. The third-order valence-corrected chi connectivity index (χ3v) is 6.30. The van der Waals surface area contributed by atoms with Crippen molar-refractivity contribution in [1.82, 2.24) is 10.6 Å². The number of carbonyl (C=O) groups excluding carboxylic acids is 3. The summed E-state index contributed by atoms with van der Waals surface area (Å²) in [5, 5.41) is 27.6. The largest absolute Gasteiger partial charge is 0.514 e. The van der Waals surface area contributed by atoms with Crippen LogP contribution in [0.1, 0.15) is 30.4 Å². The van der Waals surface area contributed by atoms with Crippen LogP contribution < -0.4 is 26.4 Å². The van der Waals surface area contributed by atoms with Gasteiger partial charge in [-0.2, -0.15) is 0 Å². The van der Waals surface area contributed by atoms with Gasteiger partial charge in [-0.25, -0.2) is 9.59 Å². The number of amides is 3. The number of unbranched alkanes of at least 4 members (excludes halogenated alkanes) is 1. The molecule has 3 rings (SSSR count). The Balaban J connectivity index is 1.57. The zero-order chi connectivity index (χ0) is 31.9. The van der Waals surface area contributed by atoms with Gasteiger partial charge in [0.25, 0.3) is 5.69 Å². The molecule has 0 saturated heterocycles. The lowest BCUT2D eigenvalue weighted by atomic mass is 10.0. The van der Waals surface area contributed by atoms with Crippen molar-refractivity contribution in [3.05, 3.63) is 100 Å². The number of benzene rings is 3. The Morgan fingerprint density at radius 1 is 0.841 bits per heavy atom. The number of carboxylic acid groups (broad SMARTS) is 1. The first kappa shape index (κ1) is 33.0. The second-order valence-corrected chi connectivity index (χ2v) is 9.62. The predicted molar refractivity (Wildman–Crippen MR) is 159 cm³/mol. The molecule has 3 aromatic rings. The zero-order valence-corrected chi connectivity index (χ0v) is 23.6. The summed E-state index contributed by atoms with van der Waals surface area (Å²) in [5.74, 6) is -1.06. The lowest BCUT2D eigenvalue weighted by molar-refractivity contribution is -0.384. The van der Waals surface area contributed by atoms with Gasteiger partial charge in [0.2, 0.25) is 11.8 Å². The van der Waals surface area contributed by atoms with Crippen LogP contribution in [-0.2, 0) is 27.4 Å². The van der Waals surface area contributed by atoms with Crippen LogP contribution in [-0.4, -0.2) is 52.7 Å². The van der Waals surface area contributed by atoms with Crippen molar-refractivity contribution >= 4 is 35.4 Å². The van der Waals surface area contributed by atoms with Gasteiger partial charge in [0.15, 0.2) is 0 Å². The Morgan fingerprint density at radius 2 is 1.52 bits per heavy atom. The van der Waals surface area contributed by atoms with Gasteiger partial charge in [-0.3, -0.25) is 19.7 Å². The fourth-order valence-electron chi connectivity index (χ4n) is 4.06. The summed E-state index contributed by atoms with van der Waals surface area (Å²) in [5.41, 5.74) is 7.18. The van der Waals surface area contributed by atoms with Crippen LogP contribution in [0.5, 0.6) is 5.75 Å². The lowest BCUT2D eigenvalue weighted by Crippen LogP contribution is -2.53. The molecule has 2 unspecified atom stereocenters. The average Bonchev–Trinajstić information content (AvgIpc) is 3.00. The van der Waals surface area contributed by atoms with E-state index >= 15 is 0 Å². The maximum atomic E-state index is 13.2. The SMILES string of the molecule is NCCCCC(NC(=O)C(Cc1ccccc1)NC(=O)O)C(=O)Nc1ccc(COC(=O)Oc2ccc([N+](=O)[O-])cc2)cc1. The number of ether oxygens (including phenoxy) is 2. The Morgan fingerprint density at radius 3 is 2.14 bits per heavy atom. The van der Waals surface area contributed by atoms with Crippen LogP contribution in [0.3, 0.4) is 0 Å². The molecular formula is C30H33N5O9. The lowest BCUT2D eigenvalue weighted by Gasteiger charge is -2.22. The summed E-state index contributed by atoms with van der Waals surface area (Å²) in [4.78, 5) is 59.7. The minimum absolute atomic E-state index is 0.0805. The number of nitrogens with one attached hydrogen (secondary N) is 3. The van der Waals surface area contributed by atoms with Crippen LogP contribution >= 0.6 is 0 Å². The number of nitrogens with zero attached hydrogens (tertiary/aromatic N) is 1. The molecule has 6 N–H and O–H groups in total. The standard InChI is InChI=1S/C30H33N5O9/c31-17-5-4-8-25(33-28(37)26(34-29(38)39)18-20-6-2-1-3-7-20)27(36)32-22-11-9-21(10-12-22)19-43-30(40)44-24-15-13-23(14-16-24)35(41)42/h1-3,6-7,9-16,25-26,34H,4-5,8,17-19,31H2,(H,32,36)(H,33,37)(H,38,39). The molecule has 14 heteroatoms. The summed E-state index contributed by atoms with van der Waals surface area (Å²) in [6.45, 7) is 0.266. The molecule has 0 fully saturated rings. The number of anilines is 1. The average molecular weight is 608 g/mol. The van der Waals surface area contributed by atoms with Crippen molar-refractivity contribution < 1.29 is 38.7 Å². The minimum Gasteiger partial charge on any atom is -0.465 e. The van der Waals surface area contributed by atoms with E-state index in [1.807, 2.05) is 0 Å². The van der Waals surface area contributed by atoms with Gasteiger partial charge < -0.3 is 36.3 Å². The van der Waals surface area contributed by atoms with Crippen molar-refractivity contribution in [2.45, 2.75) is 44.4 Å². The molecule has 0 heterocycles. The first-order valence-electron chi connectivity index (χ1n) is 13.7. The highest BCUT2D eigenvalue weighted by molar-refractivity contribution is 5.98. The number of nitrogens with two attached hydrogens (primary N) is 1. The molecule has 0 radical (unpaired) electrons. The molecule has 0 aliphatic heterocycles. The molecule has 3 amide bonds. The second-order valence-electron chi connectivity index (χ2n) is 9.62. The summed E-state index contributed by atoms with van der Waals surface area (Å²) >= 11 is 0. The number of nitro groups is 1. The maximum absolute atomic E-state index is 13.2. The van der Waals surface area contributed by atoms with Crippen molar-refractivity contribution in [3.63, 3.8) is 0 Å². The summed E-state index contributed by atoms with van der Waals surface area (Å²) in [6.07, 6.45) is -0.813. The molecule has 44 heavy (non-hydrogen) atoms. The van der Waals surface area contributed by atoms with E-state index in [4.69, 9.17) is 15.2 Å².